The lowest BCUT2D eigenvalue weighted by Gasteiger charge is -2.14. The summed E-state index contributed by atoms with van der Waals surface area (Å²) in [6.45, 7) is 2.02. The lowest BCUT2D eigenvalue weighted by molar-refractivity contribution is 0.398. The summed E-state index contributed by atoms with van der Waals surface area (Å²) in [4.78, 5) is 4.13. The van der Waals surface area contributed by atoms with Gasteiger partial charge in [0.25, 0.3) is 0 Å². The molecule has 1 N–H and O–H groups in total. The number of nitrogens with zero attached hydrogens (tertiary/aromatic N) is 1. The third-order valence-corrected chi connectivity index (χ3v) is 4.00. The highest BCUT2D eigenvalue weighted by Crippen LogP contribution is 2.36. The van der Waals surface area contributed by atoms with Crippen molar-refractivity contribution in [3.63, 3.8) is 0 Å². The zero-order valence-corrected chi connectivity index (χ0v) is 12.2. The molecule has 1 atom stereocenters. The van der Waals surface area contributed by atoms with Crippen LogP contribution >= 0.6 is 34.5 Å². The van der Waals surface area contributed by atoms with Crippen LogP contribution in [0.5, 0.6) is 5.88 Å². The molecule has 0 spiro atoms. The highest BCUT2D eigenvalue weighted by Gasteiger charge is 2.13. The molecule has 0 bridgehead atoms. The molecular formula is C12H12Cl2N2OS. The Morgan fingerprint density at radius 1 is 1.39 bits per heavy atom. The van der Waals surface area contributed by atoms with E-state index in [4.69, 9.17) is 27.9 Å². The lowest BCUT2D eigenvalue weighted by Crippen LogP contribution is -2.06. The third-order valence-electron chi connectivity index (χ3n) is 2.48. The maximum Gasteiger partial charge on any atom is 0.213 e. The van der Waals surface area contributed by atoms with Gasteiger partial charge >= 0.3 is 0 Å². The molecular weight excluding hydrogens is 291 g/mol. The number of hydrogen-bond donors (Lipinski definition) is 1. The third kappa shape index (κ3) is 3.07. The molecule has 1 unspecified atom stereocenters. The quantitative estimate of drug-likeness (QED) is 0.894. The highest BCUT2D eigenvalue weighted by atomic mass is 35.5. The van der Waals surface area contributed by atoms with Gasteiger partial charge in [-0.25, -0.2) is 4.98 Å². The predicted molar refractivity (Wildman–Crippen MR) is 77.2 cm³/mol. The Labute approximate surface area is 120 Å². The number of pyridine rings is 1. The first-order valence-electron chi connectivity index (χ1n) is 5.31. The Bertz CT molecular complexity index is 527. The molecule has 0 aliphatic heterocycles. The van der Waals surface area contributed by atoms with Crippen LogP contribution in [-0.4, -0.2) is 12.1 Å². The van der Waals surface area contributed by atoms with Crippen LogP contribution in [0.4, 0.5) is 5.69 Å². The first kappa shape index (κ1) is 13.5. The van der Waals surface area contributed by atoms with E-state index in [9.17, 15) is 0 Å². The van der Waals surface area contributed by atoms with Crippen LogP contribution in [0.1, 0.15) is 18.5 Å². The van der Waals surface area contributed by atoms with Gasteiger partial charge < -0.3 is 10.1 Å². The van der Waals surface area contributed by atoms with E-state index in [0.29, 0.717) is 14.6 Å². The average molecular weight is 303 g/mol. The minimum Gasteiger partial charge on any atom is -0.481 e. The van der Waals surface area contributed by atoms with Crippen LogP contribution in [-0.2, 0) is 0 Å². The number of rotatable bonds is 4. The molecule has 2 rings (SSSR count). The lowest BCUT2D eigenvalue weighted by atomic mass is 10.2. The van der Waals surface area contributed by atoms with Gasteiger partial charge in [-0.1, -0.05) is 23.2 Å². The molecule has 0 aliphatic carbocycles. The minimum absolute atomic E-state index is 0.0662. The number of nitrogens with one attached hydrogen (secondary N) is 1. The first-order valence-corrected chi connectivity index (χ1v) is 6.88. The molecule has 0 aromatic carbocycles. The number of methoxy groups -OCH3 is 1. The van der Waals surface area contributed by atoms with E-state index < -0.39 is 0 Å². The summed E-state index contributed by atoms with van der Waals surface area (Å²) in [7, 11) is 1.59. The maximum absolute atomic E-state index is 6.11. The van der Waals surface area contributed by atoms with Gasteiger partial charge in [-0.15, -0.1) is 11.3 Å². The molecule has 2 aromatic heterocycles. The molecule has 2 heterocycles. The highest BCUT2D eigenvalue weighted by molar-refractivity contribution is 7.20. The van der Waals surface area contributed by atoms with E-state index in [1.54, 1.807) is 19.4 Å². The predicted octanol–water partition coefficient (Wildman–Crippen LogP) is 4.63. The monoisotopic (exact) mass is 302 g/mol. The Kier molecular flexibility index (Phi) is 4.32. The van der Waals surface area contributed by atoms with Gasteiger partial charge in [0, 0.05) is 11.6 Å². The molecule has 0 radical (unpaired) electrons. The van der Waals surface area contributed by atoms with Crippen LogP contribution in [0.3, 0.4) is 0 Å². The number of thiophene rings is 1. The van der Waals surface area contributed by atoms with Crippen molar-refractivity contribution < 1.29 is 4.74 Å². The van der Waals surface area contributed by atoms with Gasteiger partial charge in [-0.05, 0) is 19.1 Å². The molecule has 18 heavy (non-hydrogen) atoms. The second-order valence-electron chi connectivity index (χ2n) is 3.73. The fourth-order valence-electron chi connectivity index (χ4n) is 1.56. The Morgan fingerprint density at radius 2 is 2.17 bits per heavy atom. The first-order chi connectivity index (χ1) is 8.60. The van der Waals surface area contributed by atoms with Gasteiger partial charge in [0.2, 0.25) is 5.88 Å². The fraction of sp³-hybridized carbons (Fsp3) is 0.250. The van der Waals surface area contributed by atoms with Crippen molar-refractivity contribution in [3.05, 3.63) is 38.6 Å². The Morgan fingerprint density at radius 3 is 2.67 bits per heavy atom. The van der Waals surface area contributed by atoms with Crippen molar-refractivity contribution in [2.24, 2.45) is 0 Å². The molecule has 3 nitrogen and oxygen atoms in total. The topological polar surface area (TPSA) is 34.1 Å². The summed E-state index contributed by atoms with van der Waals surface area (Å²) >= 11 is 13.4. The van der Waals surface area contributed by atoms with Crippen molar-refractivity contribution in [2.45, 2.75) is 13.0 Å². The van der Waals surface area contributed by atoms with Crippen LogP contribution in [0.2, 0.25) is 8.67 Å². The Hall–Kier alpha value is -0.970. The average Bonchev–Trinajstić information content (AvgIpc) is 2.69. The van der Waals surface area contributed by atoms with E-state index in [2.05, 4.69) is 10.3 Å². The van der Waals surface area contributed by atoms with Gasteiger partial charge in [-0.3, -0.25) is 0 Å². The zero-order valence-electron chi connectivity index (χ0n) is 9.91. The minimum atomic E-state index is 0.0662. The van der Waals surface area contributed by atoms with Gasteiger partial charge in [0.1, 0.15) is 0 Å². The van der Waals surface area contributed by atoms with Gasteiger partial charge in [-0.2, -0.15) is 0 Å². The summed E-state index contributed by atoms with van der Waals surface area (Å²) < 4.78 is 6.41. The van der Waals surface area contributed by atoms with Crippen molar-refractivity contribution in [3.8, 4) is 5.88 Å². The van der Waals surface area contributed by atoms with Gasteiger partial charge in [0.15, 0.2) is 0 Å². The number of aromatic nitrogens is 1. The molecule has 96 valence electrons. The number of ether oxygens (including phenoxy) is 1. The second kappa shape index (κ2) is 5.78. The molecule has 0 saturated heterocycles. The van der Waals surface area contributed by atoms with E-state index in [1.807, 2.05) is 19.1 Å². The summed E-state index contributed by atoms with van der Waals surface area (Å²) in [5.74, 6) is 0.588. The van der Waals surface area contributed by atoms with Gasteiger partial charge in [0.05, 0.1) is 33.7 Å². The fourth-order valence-corrected chi connectivity index (χ4v) is 3.21. The standard InChI is InChI=1S/C12H12Cl2N2OS/c1-7(9-5-10(13)18-12(9)14)16-8-3-4-11(17-2)15-6-8/h3-7,16H,1-2H3. The molecule has 6 heteroatoms. The molecule has 0 aliphatic rings. The maximum atomic E-state index is 6.11. The number of anilines is 1. The van der Waals surface area contributed by atoms with Crippen LogP contribution in [0.25, 0.3) is 0 Å². The van der Waals surface area contributed by atoms with E-state index >= 15 is 0 Å². The Balaban J connectivity index is 2.10. The summed E-state index contributed by atoms with van der Waals surface area (Å²) in [5.41, 5.74) is 1.89. The zero-order chi connectivity index (χ0) is 13.1. The van der Waals surface area contributed by atoms with Crippen molar-refractivity contribution in [1.29, 1.82) is 0 Å². The SMILES string of the molecule is COc1ccc(NC(C)c2cc(Cl)sc2Cl)cn1. The molecule has 0 fully saturated rings. The molecule has 2 aromatic rings. The van der Waals surface area contributed by atoms with E-state index in [1.165, 1.54) is 11.3 Å². The van der Waals surface area contributed by atoms with Crippen LogP contribution in [0.15, 0.2) is 24.4 Å². The van der Waals surface area contributed by atoms with Crippen molar-refractivity contribution in [2.75, 3.05) is 12.4 Å². The van der Waals surface area contributed by atoms with E-state index in [0.717, 1.165) is 11.3 Å². The van der Waals surface area contributed by atoms with Crippen LogP contribution < -0.4 is 10.1 Å². The van der Waals surface area contributed by atoms with Crippen molar-refractivity contribution in [1.82, 2.24) is 4.98 Å². The molecule has 0 amide bonds. The largest absolute Gasteiger partial charge is 0.481 e. The summed E-state index contributed by atoms with van der Waals surface area (Å²) in [5, 5.41) is 3.31. The van der Waals surface area contributed by atoms with Crippen LogP contribution in [0, 0.1) is 0 Å². The van der Waals surface area contributed by atoms with E-state index in [-0.39, 0.29) is 6.04 Å². The summed E-state index contributed by atoms with van der Waals surface area (Å²) in [6.07, 6.45) is 1.72. The smallest absolute Gasteiger partial charge is 0.213 e. The normalized spacial score (nSPS) is 12.2. The number of halogens is 2. The molecule has 0 saturated carbocycles. The second-order valence-corrected chi connectivity index (χ2v) is 6.02. The number of hydrogen-bond acceptors (Lipinski definition) is 4. The summed E-state index contributed by atoms with van der Waals surface area (Å²) in [6, 6.07) is 5.65. The van der Waals surface area contributed by atoms with Crippen molar-refractivity contribution >= 4 is 40.2 Å².